The zero-order valence-corrected chi connectivity index (χ0v) is 9.20. The molecule has 84 valence electrons. The van der Waals surface area contributed by atoms with E-state index in [2.05, 4.69) is 11.4 Å². The van der Waals surface area contributed by atoms with E-state index in [4.69, 9.17) is 9.52 Å². The van der Waals surface area contributed by atoms with Gasteiger partial charge in [-0.1, -0.05) is 6.92 Å². The second-order valence-electron chi connectivity index (χ2n) is 4.44. The highest BCUT2D eigenvalue weighted by Crippen LogP contribution is 2.30. The highest BCUT2D eigenvalue weighted by atomic mass is 16.3. The monoisotopic (exact) mass is 209 g/mol. The molecule has 0 spiro atoms. The number of hydrogen-bond donors (Lipinski definition) is 2. The molecule has 0 saturated carbocycles. The summed E-state index contributed by atoms with van der Waals surface area (Å²) in [5, 5.41) is 12.5. The fourth-order valence-electron chi connectivity index (χ4n) is 2.11. The molecule has 1 aromatic heterocycles. The SMILES string of the molecule is CC(CO)CNC1CCCc2occc21. The molecule has 1 heterocycles. The van der Waals surface area contributed by atoms with E-state index >= 15 is 0 Å². The summed E-state index contributed by atoms with van der Waals surface area (Å²) in [5.74, 6) is 1.46. The lowest BCUT2D eigenvalue weighted by Crippen LogP contribution is -2.29. The number of rotatable bonds is 4. The second-order valence-corrected chi connectivity index (χ2v) is 4.44. The maximum Gasteiger partial charge on any atom is 0.108 e. The van der Waals surface area contributed by atoms with Crippen LogP contribution in [0.5, 0.6) is 0 Å². The Balaban J connectivity index is 1.95. The first-order valence-electron chi connectivity index (χ1n) is 5.71. The van der Waals surface area contributed by atoms with Gasteiger partial charge in [0.2, 0.25) is 0 Å². The van der Waals surface area contributed by atoms with Gasteiger partial charge in [-0.05, 0) is 24.8 Å². The highest BCUT2D eigenvalue weighted by Gasteiger charge is 2.22. The fraction of sp³-hybridized carbons (Fsp3) is 0.667. The molecular weight excluding hydrogens is 190 g/mol. The number of nitrogens with one attached hydrogen (secondary N) is 1. The van der Waals surface area contributed by atoms with Gasteiger partial charge in [-0.3, -0.25) is 0 Å². The predicted molar refractivity (Wildman–Crippen MR) is 58.6 cm³/mol. The topological polar surface area (TPSA) is 45.4 Å². The van der Waals surface area contributed by atoms with Crippen LogP contribution in [-0.2, 0) is 6.42 Å². The molecule has 2 N–H and O–H groups in total. The van der Waals surface area contributed by atoms with Gasteiger partial charge in [0.05, 0.1) is 6.26 Å². The van der Waals surface area contributed by atoms with E-state index in [9.17, 15) is 0 Å². The first-order valence-corrected chi connectivity index (χ1v) is 5.71. The average Bonchev–Trinajstić information content (AvgIpc) is 2.74. The number of aliphatic hydroxyl groups excluding tert-OH is 1. The lowest BCUT2D eigenvalue weighted by atomic mass is 9.93. The molecule has 2 rings (SSSR count). The van der Waals surface area contributed by atoms with Crippen molar-refractivity contribution in [3.8, 4) is 0 Å². The van der Waals surface area contributed by atoms with Crippen molar-refractivity contribution in [3.05, 3.63) is 23.7 Å². The maximum atomic E-state index is 8.96. The number of aryl methyl sites for hydroxylation is 1. The molecule has 2 atom stereocenters. The summed E-state index contributed by atoms with van der Waals surface area (Å²) in [5.41, 5.74) is 1.31. The van der Waals surface area contributed by atoms with Gasteiger partial charge in [0.15, 0.2) is 0 Å². The van der Waals surface area contributed by atoms with Crippen molar-refractivity contribution in [1.82, 2.24) is 5.32 Å². The smallest absolute Gasteiger partial charge is 0.108 e. The minimum atomic E-state index is 0.248. The standard InChI is InChI=1S/C12H19NO2/c1-9(8-14)7-13-11-3-2-4-12-10(11)5-6-15-12/h5-6,9,11,13-14H,2-4,7-8H2,1H3. The summed E-state index contributed by atoms with van der Waals surface area (Å²) >= 11 is 0. The molecule has 0 radical (unpaired) electrons. The van der Waals surface area contributed by atoms with E-state index in [1.807, 2.05) is 6.92 Å². The lowest BCUT2D eigenvalue weighted by molar-refractivity contribution is 0.228. The molecule has 0 aliphatic heterocycles. The zero-order chi connectivity index (χ0) is 10.7. The van der Waals surface area contributed by atoms with Crippen LogP contribution in [0, 0.1) is 5.92 Å². The van der Waals surface area contributed by atoms with Crippen LogP contribution >= 0.6 is 0 Å². The van der Waals surface area contributed by atoms with Crippen molar-refractivity contribution < 1.29 is 9.52 Å². The highest BCUT2D eigenvalue weighted by molar-refractivity contribution is 5.23. The molecule has 1 aliphatic carbocycles. The maximum absolute atomic E-state index is 8.96. The van der Waals surface area contributed by atoms with Crippen molar-refractivity contribution in [3.63, 3.8) is 0 Å². The summed E-state index contributed by atoms with van der Waals surface area (Å²) in [6.07, 6.45) is 5.20. The summed E-state index contributed by atoms with van der Waals surface area (Å²) in [7, 11) is 0. The molecule has 1 aromatic rings. The van der Waals surface area contributed by atoms with E-state index in [0.717, 1.165) is 18.7 Å². The van der Waals surface area contributed by atoms with Gasteiger partial charge in [-0.15, -0.1) is 0 Å². The van der Waals surface area contributed by atoms with Gasteiger partial charge in [0.25, 0.3) is 0 Å². The van der Waals surface area contributed by atoms with Crippen LogP contribution in [0.15, 0.2) is 16.7 Å². The molecule has 0 bridgehead atoms. The van der Waals surface area contributed by atoms with Gasteiger partial charge in [-0.2, -0.15) is 0 Å². The Kier molecular flexibility index (Phi) is 3.44. The quantitative estimate of drug-likeness (QED) is 0.795. The van der Waals surface area contributed by atoms with Crippen molar-refractivity contribution in [2.24, 2.45) is 5.92 Å². The van der Waals surface area contributed by atoms with Crippen LogP contribution in [0.25, 0.3) is 0 Å². The van der Waals surface area contributed by atoms with Crippen LogP contribution in [0.3, 0.4) is 0 Å². The van der Waals surface area contributed by atoms with Gasteiger partial charge in [0.1, 0.15) is 5.76 Å². The first kappa shape index (κ1) is 10.7. The molecule has 3 heteroatoms. The molecule has 3 nitrogen and oxygen atoms in total. The Labute approximate surface area is 90.5 Å². The first-order chi connectivity index (χ1) is 7.31. The molecule has 0 amide bonds. The number of furan rings is 1. The zero-order valence-electron chi connectivity index (χ0n) is 9.20. The molecule has 0 aromatic carbocycles. The van der Waals surface area contributed by atoms with Crippen LogP contribution in [0.4, 0.5) is 0 Å². The normalized spacial score (nSPS) is 22.4. The third-order valence-corrected chi connectivity index (χ3v) is 3.08. The van der Waals surface area contributed by atoms with Crippen molar-refractivity contribution in [1.29, 1.82) is 0 Å². The third-order valence-electron chi connectivity index (χ3n) is 3.08. The molecule has 0 saturated heterocycles. The van der Waals surface area contributed by atoms with Gasteiger partial charge < -0.3 is 14.8 Å². The fourth-order valence-corrected chi connectivity index (χ4v) is 2.11. The van der Waals surface area contributed by atoms with Crippen LogP contribution < -0.4 is 5.32 Å². The minimum Gasteiger partial charge on any atom is -0.469 e. The van der Waals surface area contributed by atoms with Crippen molar-refractivity contribution in [2.45, 2.75) is 32.2 Å². The van der Waals surface area contributed by atoms with Crippen molar-refractivity contribution >= 4 is 0 Å². The van der Waals surface area contributed by atoms with Gasteiger partial charge in [-0.25, -0.2) is 0 Å². The molecule has 2 unspecified atom stereocenters. The van der Waals surface area contributed by atoms with E-state index < -0.39 is 0 Å². The second kappa shape index (κ2) is 4.81. The third kappa shape index (κ3) is 2.41. The Morgan fingerprint density at radius 2 is 2.53 bits per heavy atom. The molecule has 1 aliphatic rings. The number of aliphatic hydroxyl groups is 1. The molecule has 15 heavy (non-hydrogen) atoms. The van der Waals surface area contributed by atoms with Crippen LogP contribution in [0.2, 0.25) is 0 Å². The predicted octanol–water partition coefficient (Wildman–Crippen LogP) is 1.88. The largest absolute Gasteiger partial charge is 0.469 e. The van der Waals surface area contributed by atoms with Crippen molar-refractivity contribution in [2.75, 3.05) is 13.2 Å². The summed E-state index contributed by atoms with van der Waals surface area (Å²) in [4.78, 5) is 0. The summed E-state index contributed by atoms with van der Waals surface area (Å²) in [6, 6.07) is 2.48. The summed E-state index contributed by atoms with van der Waals surface area (Å²) < 4.78 is 5.43. The van der Waals surface area contributed by atoms with E-state index in [1.54, 1.807) is 6.26 Å². The Morgan fingerprint density at radius 1 is 1.67 bits per heavy atom. The minimum absolute atomic E-state index is 0.248. The van der Waals surface area contributed by atoms with Crippen LogP contribution in [0.1, 0.15) is 37.1 Å². The summed E-state index contributed by atoms with van der Waals surface area (Å²) in [6.45, 7) is 3.16. The van der Waals surface area contributed by atoms with E-state index in [-0.39, 0.29) is 6.61 Å². The lowest BCUT2D eigenvalue weighted by Gasteiger charge is -2.24. The Morgan fingerprint density at radius 3 is 3.33 bits per heavy atom. The van der Waals surface area contributed by atoms with Crippen LogP contribution in [-0.4, -0.2) is 18.3 Å². The average molecular weight is 209 g/mol. The van der Waals surface area contributed by atoms with Gasteiger partial charge >= 0.3 is 0 Å². The van der Waals surface area contributed by atoms with E-state index in [0.29, 0.717) is 12.0 Å². The molecular formula is C12H19NO2. The Hall–Kier alpha value is -0.800. The Bertz CT molecular complexity index is 308. The molecule has 0 fully saturated rings. The number of fused-ring (bicyclic) bond motifs is 1. The van der Waals surface area contributed by atoms with Gasteiger partial charge in [0, 0.05) is 31.2 Å². The number of hydrogen-bond acceptors (Lipinski definition) is 3. The van der Waals surface area contributed by atoms with E-state index in [1.165, 1.54) is 18.4 Å².